The summed E-state index contributed by atoms with van der Waals surface area (Å²) in [6.07, 6.45) is -5.74. The van der Waals surface area contributed by atoms with Gasteiger partial charge in [-0.25, -0.2) is 0 Å². The topological polar surface area (TPSA) is 41.9 Å². The van der Waals surface area contributed by atoms with Crippen LogP contribution in [0.5, 0.6) is 5.75 Å². The molecule has 9 heteroatoms. The average Bonchev–Trinajstić information content (AvgIpc) is 2.35. The van der Waals surface area contributed by atoms with Gasteiger partial charge in [-0.15, -0.1) is 5.23 Å². The molecule has 4 nitrogen and oxygen atoms in total. The Hall–Kier alpha value is -1.61. The predicted molar refractivity (Wildman–Crippen MR) is 54.2 cm³/mol. The van der Waals surface area contributed by atoms with Gasteiger partial charge < -0.3 is 4.74 Å². The van der Waals surface area contributed by atoms with Gasteiger partial charge in [-0.05, 0) is 18.2 Å². The van der Waals surface area contributed by atoms with E-state index in [-0.39, 0.29) is 11.0 Å². The first kappa shape index (κ1) is 15.4. The number of rotatable bonds is 4. The zero-order chi connectivity index (χ0) is 14.8. The summed E-state index contributed by atoms with van der Waals surface area (Å²) in [6.45, 7) is 0. The molecule has 0 saturated heterocycles. The Morgan fingerprint density at radius 2 is 1.68 bits per heavy atom. The highest BCUT2D eigenvalue weighted by atomic mass is 19.4. The van der Waals surface area contributed by atoms with Crippen molar-refractivity contribution in [2.45, 2.75) is 12.1 Å². The number of methoxy groups -OCH3 is 1. The highest BCUT2D eigenvalue weighted by molar-refractivity contribution is 5.57. The van der Waals surface area contributed by atoms with Crippen LogP contribution in [0.2, 0.25) is 0 Å². The third kappa shape index (κ3) is 2.87. The summed E-state index contributed by atoms with van der Waals surface area (Å²) in [7, 11) is 2.15. The molecule has 1 aromatic carbocycles. The van der Waals surface area contributed by atoms with Crippen LogP contribution in [0.25, 0.3) is 0 Å². The Labute approximate surface area is 104 Å². The Balaban J connectivity index is 3.33. The predicted octanol–water partition coefficient (Wildman–Crippen LogP) is 3.11. The number of hydrogen-bond acceptors (Lipinski definition) is 4. The molecule has 1 N–H and O–H groups in total. The molecule has 0 unspecified atom stereocenters. The smallest absolute Gasteiger partial charge is 0.458 e. The molecular formula is C10H10F5NO3. The SMILES string of the molecule is COc1ccc(C(F)(F)C(F)(F)F)cc1N(O)OC. The van der Waals surface area contributed by atoms with Crippen molar-refractivity contribution in [1.29, 1.82) is 0 Å². The highest BCUT2D eigenvalue weighted by Gasteiger charge is 2.58. The van der Waals surface area contributed by atoms with E-state index in [4.69, 9.17) is 4.74 Å². The highest BCUT2D eigenvalue weighted by Crippen LogP contribution is 2.45. The minimum atomic E-state index is -5.74. The second-order valence-electron chi connectivity index (χ2n) is 3.41. The minimum absolute atomic E-state index is 0.0226. The maximum atomic E-state index is 13.1. The molecule has 0 atom stereocenters. The fourth-order valence-electron chi connectivity index (χ4n) is 1.30. The van der Waals surface area contributed by atoms with E-state index in [1.165, 1.54) is 0 Å². The maximum Gasteiger partial charge on any atom is 0.458 e. The standard InChI is InChI=1S/C10H10F5NO3/c1-18-8-4-3-6(5-7(8)16(17)19-2)9(11,12)10(13,14)15/h3-5,17H,1-2H3. The molecule has 0 radical (unpaired) electrons. The molecule has 0 bridgehead atoms. The summed E-state index contributed by atoms with van der Waals surface area (Å²) in [5.74, 6) is -5.19. The van der Waals surface area contributed by atoms with Crippen LogP contribution < -0.4 is 9.96 Å². The number of anilines is 1. The first-order chi connectivity index (χ1) is 8.65. The van der Waals surface area contributed by atoms with Gasteiger partial charge in [0.25, 0.3) is 0 Å². The van der Waals surface area contributed by atoms with Crippen molar-refractivity contribution >= 4 is 5.69 Å². The number of halogens is 5. The summed E-state index contributed by atoms with van der Waals surface area (Å²) in [5.41, 5.74) is -1.82. The molecule has 19 heavy (non-hydrogen) atoms. The van der Waals surface area contributed by atoms with Crippen molar-refractivity contribution in [3.8, 4) is 5.75 Å². The summed E-state index contributed by atoms with van der Waals surface area (Å²) in [6, 6.07) is 1.85. The second-order valence-corrected chi connectivity index (χ2v) is 3.41. The first-order valence-electron chi connectivity index (χ1n) is 4.81. The van der Waals surface area contributed by atoms with E-state index in [1.54, 1.807) is 0 Å². The zero-order valence-electron chi connectivity index (χ0n) is 9.83. The maximum absolute atomic E-state index is 13.1. The third-order valence-corrected chi connectivity index (χ3v) is 2.28. The Bertz CT molecular complexity index is 449. The van der Waals surface area contributed by atoms with Gasteiger partial charge >= 0.3 is 12.1 Å². The van der Waals surface area contributed by atoms with Gasteiger partial charge in [0, 0.05) is 5.56 Å². The fourth-order valence-corrected chi connectivity index (χ4v) is 1.30. The van der Waals surface area contributed by atoms with Crippen LogP contribution in [0.4, 0.5) is 27.6 Å². The lowest BCUT2D eigenvalue weighted by Gasteiger charge is -2.22. The Morgan fingerprint density at radius 1 is 1.11 bits per heavy atom. The molecule has 0 heterocycles. The van der Waals surface area contributed by atoms with Crippen molar-refractivity contribution in [3.63, 3.8) is 0 Å². The van der Waals surface area contributed by atoms with Gasteiger partial charge in [0.2, 0.25) is 0 Å². The monoisotopic (exact) mass is 287 g/mol. The van der Waals surface area contributed by atoms with Crippen LogP contribution in [0, 0.1) is 0 Å². The van der Waals surface area contributed by atoms with E-state index < -0.39 is 23.3 Å². The molecular weight excluding hydrogens is 277 g/mol. The zero-order valence-corrected chi connectivity index (χ0v) is 9.83. The molecule has 0 amide bonds. The second kappa shape index (κ2) is 5.17. The van der Waals surface area contributed by atoms with Gasteiger partial charge in [0.05, 0.1) is 14.2 Å². The van der Waals surface area contributed by atoms with E-state index in [1.807, 2.05) is 0 Å². The largest absolute Gasteiger partial charge is 0.494 e. The normalized spacial score (nSPS) is 12.4. The number of benzene rings is 1. The first-order valence-corrected chi connectivity index (χ1v) is 4.81. The summed E-state index contributed by atoms with van der Waals surface area (Å²) >= 11 is 0. The van der Waals surface area contributed by atoms with Gasteiger partial charge in [0.15, 0.2) is 0 Å². The van der Waals surface area contributed by atoms with Gasteiger partial charge in [-0.3, -0.25) is 10.0 Å². The van der Waals surface area contributed by atoms with Crippen molar-refractivity contribution in [3.05, 3.63) is 23.8 Å². The molecule has 0 aliphatic rings. The van der Waals surface area contributed by atoms with Crippen LogP contribution >= 0.6 is 0 Å². The van der Waals surface area contributed by atoms with Crippen LogP contribution in [0.1, 0.15) is 5.56 Å². The Kier molecular flexibility index (Phi) is 4.21. The van der Waals surface area contributed by atoms with Gasteiger partial charge in [0.1, 0.15) is 11.4 Å². The van der Waals surface area contributed by atoms with Crippen molar-refractivity contribution in [2.24, 2.45) is 0 Å². The number of ether oxygens (including phenoxy) is 1. The van der Waals surface area contributed by atoms with Crippen molar-refractivity contribution in [1.82, 2.24) is 0 Å². The Morgan fingerprint density at radius 3 is 2.11 bits per heavy atom. The molecule has 0 spiro atoms. The summed E-state index contributed by atoms with van der Waals surface area (Å²) in [4.78, 5) is 4.31. The van der Waals surface area contributed by atoms with E-state index in [2.05, 4.69) is 4.84 Å². The number of hydrogen-bond donors (Lipinski definition) is 1. The lowest BCUT2D eigenvalue weighted by molar-refractivity contribution is -0.289. The summed E-state index contributed by atoms with van der Waals surface area (Å²) in [5, 5.41) is 9.26. The van der Waals surface area contributed by atoms with E-state index in [0.29, 0.717) is 12.1 Å². The van der Waals surface area contributed by atoms with E-state index in [9.17, 15) is 27.2 Å². The molecule has 0 aromatic heterocycles. The number of nitrogens with zero attached hydrogens (tertiary/aromatic N) is 1. The average molecular weight is 287 g/mol. The lowest BCUT2D eigenvalue weighted by atomic mass is 10.1. The molecule has 0 aliphatic carbocycles. The lowest BCUT2D eigenvalue weighted by Crippen LogP contribution is -2.33. The molecule has 1 aromatic rings. The quantitative estimate of drug-likeness (QED) is 0.682. The van der Waals surface area contributed by atoms with Crippen LogP contribution in [-0.2, 0) is 10.8 Å². The van der Waals surface area contributed by atoms with Crippen molar-refractivity contribution in [2.75, 3.05) is 19.4 Å². The van der Waals surface area contributed by atoms with Crippen LogP contribution in [-0.4, -0.2) is 25.6 Å². The van der Waals surface area contributed by atoms with Gasteiger partial charge in [-0.2, -0.15) is 22.0 Å². The molecule has 0 saturated carbocycles. The van der Waals surface area contributed by atoms with Crippen molar-refractivity contribution < 1.29 is 36.7 Å². The van der Waals surface area contributed by atoms with E-state index in [0.717, 1.165) is 20.3 Å². The van der Waals surface area contributed by atoms with Gasteiger partial charge in [-0.1, -0.05) is 0 Å². The third-order valence-electron chi connectivity index (χ3n) is 2.28. The molecule has 0 fully saturated rings. The molecule has 0 aliphatic heterocycles. The van der Waals surface area contributed by atoms with E-state index >= 15 is 0 Å². The van der Waals surface area contributed by atoms with Crippen LogP contribution in [0.15, 0.2) is 18.2 Å². The fraction of sp³-hybridized carbons (Fsp3) is 0.400. The molecule has 1 rings (SSSR count). The minimum Gasteiger partial charge on any atom is -0.494 e. The molecule has 108 valence electrons. The summed E-state index contributed by atoms with van der Waals surface area (Å²) < 4.78 is 67.7. The number of alkyl halides is 5. The van der Waals surface area contributed by atoms with Crippen LogP contribution in [0.3, 0.4) is 0 Å².